The topological polar surface area (TPSA) is 66.4 Å². The lowest BCUT2D eigenvalue weighted by molar-refractivity contribution is -0.122. The number of anilines is 1. The molecule has 4 rings (SSSR count). The second kappa shape index (κ2) is 8.39. The number of fused-ring (bicyclic) bond motifs is 1. The van der Waals surface area contributed by atoms with Gasteiger partial charge in [-0.05, 0) is 49.4 Å². The van der Waals surface area contributed by atoms with Gasteiger partial charge in [-0.1, -0.05) is 36.4 Å². The van der Waals surface area contributed by atoms with E-state index in [1.54, 1.807) is 4.90 Å². The number of aryl methyl sites for hydroxylation is 1. The maximum atomic E-state index is 12.6. The number of para-hydroxylation sites is 2. The Morgan fingerprint density at radius 3 is 2.45 bits per heavy atom. The van der Waals surface area contributed by atoms with Gasteiger partial charge in [0.1, 0.15) is 6.54 Å². The SMILES string of the molecule is Cc1cc2ccccc2n1CC(=O)NC1CCN(C(=O)Nc2ccccc2)CC1. The van der Waals surface area contributed by atoms with Gasteiger partial charge in [0.05, 0.1) is 0 Å². The molecule has 150 valence electrons. The van der Waals surface area contributed by atoms with Crippen molar-refractivity contribution in [3.05, 3.63) is 66.4 Å². The summed E-state index contributed by atoms with van der Waals surface area (Å²) in [7, 11) is 0. The Balaban J connectivity index is 1.28. The molecule has 0 unspecified atom stereocenters. The number of carbonyl (C=O) groups excluding carboxylic acids is 2. The number of likely N-dealkylation sites (tertiary alicyclic amines) is 1. The summed E-state index contributed by atoms with van der Waals surface area (Å²) in [6.07, 6.45) is 1.53. The van der Waals surface area contributed by atoms with Crippen LogP contribution >= 0.6 is 0 Å². The number of rotatable bonds is 4. The summed E-state index contributed by atoms with van der Waals surface area (Å²) < 4.78 is 2.05. The molecule has 1 saturated heterocycles. The van der Waals surface area contributed by atoms with Crippen LogP contribution in [0, 0.1) is 6.92 Å². The number of piperidine rings is 1. The van der Waals surface area contributed by atoms with Crippen LogP contribution in [0.4, 0.5) is 10.5 Å². The number of urea groups is 1. The maximum absolute atomic E-state index is 12.6. The number of hydrogen-bond acceptors (Lipinski definition) is 2. The van der Waals surface area contributed by atoms with E-state index in [0.717, 1.165) is 35.1 Å². The number of aromatic nitrogens is 1. The summed E-state index contributed by atoms with van der Waals surface area (Å²) in [6, 6.07) is 19.7. The van der Waals surface area contributed by atoms with Crippen molar-refractivity contribution in [3.63, 3.8) is 0 Å². The first kappa shape index (κ1) is 19.1. The molecular formula is C23H26N4O2. The van der Waals surface area contributed by atoms with Gasteiger partial charge in [-0.3, -0.25) is 4.79 Å². The third-order valence-corrected chi connectivity index (χ3v) is 5.49. The summed E-state index contributed by atoms with van der Waals surface area (Å²) in [5.74, 6) is 0.0154. The van der Waals surface area contributed by atoms with E-state index in [4.69, 9.17) is 0 Å². The molecule has 0 radical (unpaired) electrons. The predicted octanol–water partition coefficient (Wildman–Crippen LogP) is 3.76. The molecule has 0 atom stereocenters. The van der Waals surface area contributed by atoms with Gasteiger partial charge in [0.15, 0.2) is 0 Å². The molecule has 1 aliphatic rings. The molecule has 6 nitrogen and oxygen atoms in total. The Bertz CT molecular complexity index is 1000. The fourth-order valence-electron chi connectivity index (χ4n) is 3.93. The fraction of sp³-hybridized carbons (Fsp3) is 0.304. The van der Waals surface area contributed by atoms with Crippen molar-refractivity contribution in [1.82, 2.24) is 14.8 Å². The van der Waals surface area contributed by atoms with Crippen LogP contribution in [0.1, 0.15) is 18.5 Å². The number of carbonyl (C=O) groups is 2. The van der Waals surface area contributed by atoms with Gasteiger partial charge in [0.25, 0.3) is 0 Å². The lowest BCUT2D eigenvalue weighted by Gasteiger charge is -2.32. The quantitative estimate of drug-likeness (QED) is 0.712. The van der Waals surface area contributed by atoms with Gasteiger partial charge in [-0.25, -0.2) is 4.79 Å². The minimum absolute atomic E-state index is 0.0154. The third kappa shape index (κ3) is 4.42. The van der Waals surface area contributed by atoms with E-state index in [0.29, 0.717) is 19.6 Å². The van der Waals surface area contributed by atoms with Crippen molar-refractivity contribution in [2.24, 2.45) is 0 Å². The highest BCUT2D eigenvalue weighted by molar-refractivity contribution is 5.89. The highest BCUT2D eigenvalue weighted by Crippen LogP contribution is 2.19. The van der Waals surface area contributed by atoms with Gasteiger partial charge < -0.3 is 20.1 Å². The number of nitrogens with one attached hydrogen (secondary N) is 2. The molecule has 1 aromatic heterocycles. The van der Waals surface area contributed by atoms with Crippen LogP contribution in [0.3, 0.4) is 0 Å². The van der Waals surface area contributed by atoms with E-state index in [2.05, 4.69) is 22.8 Å². The van der Waals surface area contributed by atoms with E-state index in [9.17, 15) is 9.59 Å². The molecule has 29 heavy (non-hydrogen) atoms. The first-order chi connectivity index (χ1) is 14.1. The Morgan fingerprint density at radius 1 is 1.00 bits per heavy atom. The normalized spacial score (nSPS) is 14.7. The summed E-state index contributed by atoms with van der Waals surface area (Å²) in [6.45, 7) is 3.61. The Hall–Kier alpha value is -3.28. The maximum Gasteiger partial charge on any atom is 0.321 e. The van der Waals surface area contributed by atoms with Crippen molar-refractivity contribution in [1.29, 1.82) is 0 Å². The zero-order valence-electron chi connectivity index (χ0n) is 16.6. The summed E-state index contributed by atoms with van der Waals surface area (Å²) in [4.78, 5) is 26.8. The predicted molar refractivity (Wildman–Crippen MR) is 115 cm³/mol. The number of benzene rings is 2. The van der Waals surface area contributed by atoms with Gasteiger partial charge in [0, 0.05) is 36.0 Å². The first-order valence-electron chi connectivity index (χ1n) is 10.1. The van der Waals surface area contributed by atoms with Crippen LogP contribution < -0.4 is 10.6 Å². The van der Waals surface area contributed by atoms with E-state index in [-0.39, 0.29) is 18.0 Å². The standard InChI is InChI=1S/C23H26N4O2/c1-17-15-18-7-5-6-10-21(18)27(17)16-22(28)24-20-11-13-26(14-12-20)23(29)25-19-8-3-2-4-9-19/h2-10,15,20H,11-14,16H2,1H3,(H,24,28)(H,25,29). The molecule has 0 aliphatic carbocycles. The number of hydrogen-bond donors (Lipinski definition) is 2. The third-order valence-electron chi connectivity index (χ3n) is 5.49. The lowest BCUT2D eigenvalue weighted by atomic mass is 10.1. The summed E-state index contributed by atoms with van der Waals surface area (Å²) in [5, 5.41) is 7.21. The molecule has 3 amide bonds. The molecule has 0 bridgehead atoms. The van der Waals surface area contributed by atoms with Crippen LogP contribution in [0.2, 0.25) is 0 Å². The minimum atomic E-state index is -0.0876. The van der Waals surface area contributed by atoms with Crippen molar-refractivity contribution in [2.45, 2.75) is 32.4 Å². The smallest absolute Gasteiger partial charge is 0.321 e. The van der Waals surface area contributed by atoms with Crippen LogP contribution in [0.15, 0.2) is 60.7 Å². The molecule has 3 aromatic rings. The molecule has 2 N–H and O–H groups in total. The molecule has 6 heteroatoms. The second-order valence-electron chi connectivity index (χ2n) is 7.56. The summed E-state index contributed by atoms with van der Waals surface area (Å²) in [5.41, 5.74) is 2.95. The van der Waals surface area contributed by atoms with E-state index < -0.39 is 0 Å². The summed E-state index contributed by atoms with van der Waals surface area (Å²) >= 11 is 0. The Morgan fingerprint density at radius 2 is 1.69 bits per heavy atom. The Kier molecular flexibility index (Phi) is 5.51. The first-order valence-corrected chi connectivity index (χ1v) is 10.1. The zero-order chi connectivity index (χ0) is 20.2. The van der Waals surface area contributed by atoms with Crippen molar-refractivity contribution < 1.29 is 9.59 Å². The van der Waals surface area contributed by atoms with Gasteiger partial charge in [0.2, 0.25) is 5.91 Å². The number of amides is 3. The average Bonchev–Trinajstić information content (AvgIpc) is 3.04. The van der Waals surface area contributed by atoms with Gasteiger partial charge >= 0.3 is 6.03 Å². The molecule has 1 aliphatic heterocycles. The molecule has 2 heterocycles. The largest absolute Gasteiger partial charge is 0.352 e. The monoisotopic (exact) mass is 390 g/mol. The van der Waals surface area contributed by atoms with Crippen molar-refractivity contribution in [3.8, 4) is 0 Å². The van der Waals surface area contributed by atoms with E-state index >= 15 is 0 Å². The van der Waals surface area contributed by atoms with E-state index in [1.165, 1.54) is 0 Å². The zero-order valence-corrected chi connectivity index (χ0v) is 16.6. The Labute approximate surface area is 170 Å². The lowest BCUT2D eigenvalue weighted by Crippen LogP contribution is -2.48. The molecular weight excluding hydrogens is 364 g/mol. The minimum Gasteiger partial charge on any atom is -0.352 e. The van der Waals surface area contributed by atoms with Gasteiger partial charge in [-0.2, -0.15) is 0 Å². The number of nitrogens with zero attached hydrogens (tertiary/aromatic N) is 2. The molecule has 1 fully saturated rings. The fourth-order valence-corrected chi connectivity index (χ4v) is 3.93. The highest BCUT2D eigenvalue weighted by atomic mass is 16.2. The van der Waals surface area contributed by atoms with Crippen LogP contribution in [0.25, 0.3) is 10.9 Å². The van der Waals surface area contributed by atoms with Crippen LogP contribution in [-0.2, 0) is 11.3 Å². The van der Waals surface area contributed by atoms with Crippen LogP contribution in [-0.4, -0.2) is 40.5 Å². The average molecular weight is 390 g/mol. The molecule has 0 spiro atoms. The van der Waals surface area contributed by atoms with Crippen LogP contribution in [0.5, 0.6) is 0 Å². The molecule has 0 saturated carbocycles. The van der Waals surface area contributed by atoms with Crippen molar-refractivity contribution >= 4 is 28.5 Å². The van der Waals surface area contributed by atoms with E-state index in [1.807, 2.05) is 60.0 Å². The molecule has 2 aromatic carbocycles. The van der Waals surface area contributed by atoms with Crippen molar-refractivity contribution in [2.75, 3.05) is 18.4 Å². The second-order valence-corrected chi connectivity index (χ2v) is 7.56. The van der Waals surface area contributed by atoms with Gasteiger partial charge in [-0.15, -0.1) is 0 Å². The highest BCUT2D eigenvalue weighted by Gasteiger charge is 2.24.